The fourth-order valence-corrected chi connectivity index (χ4v) is 1.30. The Kier molecular flexibility index (Phi) is 2.64. The molecule has 0 aliphatic carbocycles. The SMILES string of the molecule is C/N=C\c1c(C)ccc(C)c1C. The molecule has 0 N–H and O–H groups in total. The van der Waals surface area contributed by atoms with Gasteiger partial charge in [-0.15, -0.1) is 0 Å². The molecule has 0 aromatic heterocycles. The predicted molar refractivity (Wildman–Crippen MR) is 54.2 cm³/mol. The summed E-state index contributed by atoms with van der Waals surface area (Å²) < 4.78 is 0. The van der Waals surface area contributed by atoms with Crippen molar-refractivity contribution >= 4 is 6.21 Å². The molecule has 0 radical (unpaired) electrons. The second-order valence-corrected chi connectivity index (χ2v) is 3.13. The van der Waals surface area contributed by atoms with Gasteiger partial charge in [-0.1, -0.05) is 12.1 Å². The first-order chi connectivity index (χ1) is 5.66. The van der Waals surface area contributed by atoms with Crippen molar-refractivity contribution in [1.29, 1.82) is 0 Å². The zero-order chi connectivity index (χ0) is 9.14. The molecule has 0 saturated carbocycles. The third-order valence-electron chi connectivity index (χ3n) is 2.26. The molecule has 1 aromatic carbocycles. The number of aliphatic imine (C=N–C) groups is 1. The number of aryl methyl sites for hydroxylation is 2. The van der Waals surface area contributed by atoms with Gasteiger partial charge in [0.1, 0.15) is 0 Å². The lowest BCUT2D eigenvalue weighted by Gasteiger charge is -2.06. The van der Waals surface area contributed by atoms with Crippen LogP contribution in [0.2, 0.25) is 0 Å². The van der Waals surface area contributed by atoms with Gasteiger partial charge in [0.05, 0.1) is 0 Å². The Morgan fingerprint density at radius 3 is 2.25 bits per heavy atom. The minimum Gasteiger partial charge on any atom is -0.296 e. The Hall–Kier alpha value is -1.11. The smallest absolute Gasteiger partial charge is 0.0286 e. The summed E-state index contributed by atoms with van der Waals surface area (Å²) in [6.45, 7) is 6.38. The van der Waals surface area contributed by atoms with E-state index in [-0.39, 0.29) is 0 Å². The molecule has 1 aromatic rings. The fraction of sp³-hybridized carbons (Fsp3) is 0.364. The molecule has 0 bridgehead atoms. The van der Waals surface area contributed by atoms with Crippen molar-refractivity contribution in [3.8, 4) is 0 Å². The highest BCUT2D eigenvalue weighted by atomic mass is 14.6. The molecule has 12 heavy (non-hydrogen) atoms. The lowest BCUT2D eigenvalue weighted by Crippen LogP contribution is -1.94. The summed E-state index contributed by atoms with van der Waals surface area (Å²) in [6.07, 6.45) is 1.93. The van der Waals surface area contributed by atoms with Crippen LogP contribution in [0.25, 0.3) is 0 Å². The number of rotatable bonds is 1. The maximum atomic E-state index is 4.04. The van der Waals surface area contributed by atoms with Crippen LogP contribution < -0.4 is 0 Å². The van der Waals surface area contributed by atoms with Crippen molar-refractivity contribution in [2.45, 2.75) is 20.8 Å². The van der Waals surface area contributed by atoms with Gasteiger partial charge in [0.15, 0.2) is 0 Å². The first-order valence-electron chi connectivity index (χ1n) is 4.15. The second-order valence-electron chi connectivity index (χ2n) is 3.13. The van der Waals surface area contributed by atoms with Crippen LogP contribution in [0.3, 0.4) is 0 Å². The maximum absolute atomic E-state index is 4.04. The molecular weight excluding hydrogens is 146 g/mol. The van der Waals surface area contributed by atoms with Crippen molar-refractivity contribution in [1.82, 2.24) is 0 Å². The van der Waals surface area contributed by atoms with Gasteiger partial charge in [-0.25, -0.2) is 0 Å². The Morgan fingerprint density at radius 2 is 1.67 bits per heavy atom. The summed E-state index contributed by atoms with van der Waals surface area (Å²) in [5.74, 6) is 0. The van der Waals surface area contributed by atoms with Crippen molar-refractivity contribution in [2.24, 2.45) is 4.99 Å². The number of hydrogen-bond acceptors (Lipinski definition) is 1. The van der Waals surface area contributed by atoms with Gasteiger partial charge in [-0.3, -0.25) is 4.99 Å². The molecule has 1 heteroatoms. The minimum atomic E-state index is 1.26. The van der Waals surface area contributed by atoms with Crippen molar-refractivity contribution in [2.75, 3.05) is 7.05 Å². The maximum Gasteiger partial charge on any atom is 0.0286 e. The van der Waals surface area contributed by atoms with E-state index in [2.05, 4.69) is 37.9 Å². The van der Waals surface area contributed by atoms with E-state index in [1.54, 1.807) is 7.05 Å². The van der Waals surface area contributed by atoms with Crippen LogP contribution in [-0.4, -0.2) is 13.3 Å². The molecule has 0 spiro atoms. The van der Waals surface area contributed by atoms with E-state index in [0.717, 1.165) is 0 Å². The van der Waals surface area contributed by atoms with Gasteiger partial charge in [0.2, 0.25) is 0 Å². The quantitative estimate of drug-likeness (QED) is 0.561. The first kappa shape index (κ1) is 8.98. The highest BCUT2D eigenvalue weighted by Crippen LogP contribution is 2.15. The Labute approximate surface area is 74.2 Å². The van der Waals surface area contributed by atoms with Crippen LogP contribution in [0, 0.1) is 20.8 Å². The first-order valence-corrected chi connectivity index (χ1v) is 4.15. The molecule has 0 amide bonds. The standard InChI is InChI=1S/C11H15N/c1-8-5-6-9(2)11(7-12-4)10(8)3/h5-7H,1-4H3/b12-7-. The molecule has 0 heterocycles. The third kappa shape index (κ3) is 1.55. The Balaban J connectivity index is 3.32. The summed E-state index contributed by atoms with van der Waals surface area (Å²) in [7, 11) is 1.81. The van der Waals surface area contributed by atoms with Gasteiger partial charge < -0.3 is 0 Å². The number of nitrogens with zero attached hydrogens (tertiary/aromatic N) is 1. The Bertz CT molecular complexity index is 311. The molecule has 0 fully saturated rings. The van der Waals surface area contributed by atoms with E-state index >= 15 is 0 Å². The van der Waals surface area contributed by atoms with E-state index in [1.165, 1.54) is 22.3 Å². The van der Waals surface area contributed by atoms with Gasteiger partial charge >= 0.3 is 0 Å². The van der Waals surface area contributed by atoms with Crippen molar-refractivity contribution in [3.05, 3.63) is 34.4 Å². The largest absolute Gasteiger partial charge is 0.296 e. The Morgan fingerprint density at radius 1 is 1.08 bits per heavy atom. The highest BCUT2D eigenvalue weighted by Gasteiger charge is 2.00. The summed E-state index contributed by atoms with van der Waals surface area (Å²) >= 11 is 0. The van der Waals surface area contributed by atoms with Gasteiger partial charge in [-0.2, -0.15) is 0 Å². The second kappa shape index (κ2) is 3.53. The normalized spacial score (nSPS) is 11.0. The molecule has 1 nitrogen and oxygen atoms in total. The van der Waals surface area contributed by atoms with Crippen LogP contribution in [0.1, 0.15) is 22.3 Å². The van der Waals surface area contributed by atoms with E-state index in [1.807, 2.05) is 6.21 Å². The monoisotopic (exact) mass is 161 g/mol. The highest BCUT2D eigenvalue weighted by molar-refractivity contribution is 5.84. The van der Waals surface area contributed by atoms with E-state index in [4.69, 9.17) is 0 Å². The van der Waals surface area contributed by atoms with E-state index in [9.17, 15) is 0 Å². The molecule has 0 unspecified atom stereocenters. The van der Waals surface area contributed by atoms with Gasteiger partial charge in [-0.05, 0) is 43.0 Å². The van der Waals surface area contributed by atoms with Crippen LogP contribution in [-0.2, 0) is 0 Å². The zero-order valence-electron chi connectivity index (χ0n) is 8.18. The number of hydrogen-bond donors (Lipinski definition) is 0. The van der Waals surface area contributed by atoms with Crippen LogP contribution in [0.5, 0.6) is 0 Å². The minimum absolute atomic E-state index is 1.26. The molecule has 64 valence electrons. The fourth-order valence-electron chi connectivity index (χ4n) is 1.30. The average Bonchev–Trinajstić information content (AvgIpc) is 2.06. The van der Waals surface area contributed by atoms with Gasteiger partial charge in [0.25, 0.3) is 0 Å². The number of benzene rings is 1. The lowest BCUT2D eigenvalue weighted by molar-refractivity contribution is 1.28. The zero-order valence-corrected chi connectivity index (χ0v) is 8.18. The molecule has 1 rings (SSSR count). The molecule has 0 aliphatic rings. The summed E-state index contributed by atoms with van der Waals surface area (Å²) in [4.78, 5) is 4.04. The molecule has 0 saturated heterocycles. The van der Waals surface area contributed by atoms with Crippen LogP contribution >= 0.6 is 0 Å². The summed E-state index contributed by atoms with van der Waals surface area (Å²) in [5.41, 5.74) is 5.22. The van der Waals surface area contributed by atoms with Crippen LogP contribution in [0.15, 0.2) is 17.1 Å². The molecular formula is C11H15N. The van der Waals surface area contributed by atoms with Crippen molar-refractivity contribution in [3.63, 3.8) is 0 Å². The summed E-state index contributed by atoms with van der Waals surface area (Å²) in [6, 6.07) is 4.29. The average molecular weight is 161 g/mol. The van der Waals surface area contributed by atoms with Gasteiger partial charge in [0, 0.05) is 13.3 Å². The van der Waals surface area contributed by atoms with E-state index < -0.39 is 0 Å². The summed E-state index contributed by atoms with van der Waals surface area (Å²) in [5, 5.41) is 0. The third-order valence-corrected chi connectivity index (χ3v) is 2.26. The predicted octanol–water partition coefficient (Wildman–Crippen LogP) is 2.66. The topological polar surface area (TPSA) is 12.4 Å². The lowest BCUT2D eigenvalue weighted by atomic mass is 9.99. The van der Waals surface area contributed by atoms with E-state index in [0.29, 0.717) is 0 Å². The van der Waals surface area contributed by atoms with Crippen molar-refractivity contribution < 1.29 is 0 Å². The molecule has 0 atom stereocenters. The molecule has 0 aliphatic heterocycles. The van der Waals surface area contributed by atoms with Crippen LogP contribution in [0.4, 0.5) is 0 Å².